The van der Waals surface area contributed by atoms with Crippen LogP contribution in [-0.4, -0.2) is 15.0 Å². The average Bonchev–Trinajstić information content (AvgIpc) is 2.89. The van der Waals surface area contributed by atoms with Crippen molar-refractivity contribution in [1.82, 2.24) is 15.0 Å². The van der Waals surface area contributed by atoms with Gasteiger partial charge in [-0.1, -0.05) is 23.7 Å². The van der Waals surface area contributed by atoms with E-state index in [0.29, 0.717) is 10.8 Å². The summed E-state index contributed by atoms with van der Waals surface area (Å²) in [6.07, 6.45) is 5.64. The first-order chi connectivity index (χ1) is 8.83. The van der Waals surface area contributed by atoms with Gasteiger partial charge in [0.05, 0.1) is 11.0 Å². The minimum Gasteiger partial charge on any atom is -0.362 e. The first-order valence-electron chi connectivity index (χ1n) is 5.57. The number of fused-ring (bicyclic) bond motifs is 1. The van der Waals surface area contributed by atoms with Crippen molar-refractivity contribution in [2.45, 2.75) is 0 Å². The average molecular weight is 256 g/mol. The minimum atomic E-state index is 0.413. The van der Waals surface area contributed by atoms with Crippen molar-refractivity contribution >= 4 is 34.8 Å². The third-order valence-electron chi connectivity index (χ3n) is 2.60. The second-order valence-electron chi connectivity index (χ2n) is 3.85. The number of aromatic amines is 1. The Morgan fingerprint density at radius 1 is 0.944 bits per heavy atom. The lowest BCUT2D eigenvalue weighted by molar-refractivity contribution is 1.27. The van der Waals surface area contributed by atoms with Crippen LogP contribution in [0.3, 0.4) is 0 Å². The van der Waals surface area contributed by atoms with E-state index in [9.17, 15) is 0 Å². The highest BCUT2D eigenvalue weighted by atomic mass is 35.5. The van der Waals surface area contributed by atoms with Gasteiger partial charge in [-0.2, -0.15) is 0 Å². The molecular formula is C14H10ClN3. The van der Waals surface area contributed by atoms with Crippen molar-refractivity contribution in [3.63, 3.8) is 0 Å². The van der Waals surface area contributed by atoms with Gasteiger partial charge < -0.3 is 4.98 Å². The van der Waals surface area contributed by atoms with Crippen LogP contribution < -0.4 is 0 Å². The molecule has 88 valence electrons. The number of aromatic nitrogens is 3. The maximum Gasteiger partial charge on any atom is 0.155 e. The Kier molecular flexibility index (Phi) is 2.82. The molecule has 0 spiro atoms. The molecule has 0 saturated carbocycles. The zero-order valence-electron chi connectivity index (χ0n) is 9.47. The lowest BCUT2D eigenvalue weighted by Gasteiger charge is -2.00. The highest BCUT2D eigenvalue weighted by molar-refractivity contribution is 6.31. The number of H-pyrrole nitrogens is 1. The molecule has 4 heteroatoms. The predicted octanol–water partition coefficient (Wildman–Crippen LogP) is 3.78. The van der Waals surface area contributed by atoms with Crippen molar-refractivity contribution in [1.29, 1.82) is 0 Å². The van der Waals surface area contributed by atoms with E-state index in [1.54, 1.807) is 0 Å². The van der Waals surface area contributed by atoms with Gasteiger partial charge in [0, 0.05) is 11.9 Å². The first-order valence-corrected chi connectivity index (χ1v) is 5.94. The molecule has 3 aromatic rings. The van der Waals surface area contributed by atoms with Crippen molar-refractivity contribution in [3.8, 4) is 0 Å². The fourth-order valence-electron chi connectivity index (χ4n) is 1.71. The summed E-state index contributed by atoms with van der Waals surface area (Å²) in [7, 11) is 0. The van der Waals surface area contributed by atoms with Gasteiger partial charge in [-0.05, 0) is 36.4 Å². The van der Waals surface area contributed by atoms with Crippen LogP contribution >= 0.6 is 11.6 Å². The Morgan fingerprint density at radius 2 is 1.72 bits per heavy atom. The number of hydrogen-bond acceptors (Lipinski definition) is 2. The minimum absolute atomic E-state index is 0.413. The Labute approximate surface area is 109 Å². The van der Waals surface area contributed by atoms with Gasteiger partial charge in [-0.15, -0.1) is 0 Å². The van der Waals surface area contributed by atoms with Gasteiger partial charge in [0.2, 0.25) is 0 Å². The van der Waals surface area contributed by atoms with Crippen molar-refractivity contribution < 1.29 is 0 Å². The van der Waals surface area contributed by atoms with E-state index in [2.05, 4.69) is 15.0 Å². The van der Waals surface area contributed by atoms with Crippen LogP contribution in [0.1, 0.15) is 11.4 Å². The summed E-state index contributed by atoms with van der Waals surface area (Å²) in [6, 6.07) is 11.6. The summed E-state index contributed by atoms with van der Waals surface area (Å²) in [5, 5.41) is 0.413. The quantitative estimate of drug-likeness (QED) is 0.757. The Balaban J connectivity index is 2.04. The molecule has 0 aliphatic rings. The maximum atomic E-state index is 6.11. The van der Waals surface area contributed by atoms with Gasteiger partial charge in [0.25, 0.3) is 0 Å². The largest absolute Gasteiger partial charge is 0.362 e. The molecule has 1 N–H and O–H groups in total. The van der Waals surface area contributed by atoms with Gasteiger partial charge in [-0.3, -0.25) is 0 Å². The van der Waals surface area contributed by atoms with Crippen molar-refractivity contribution in [2.24, 2.45) is 0 Å². The number of benzene rings is 1. The second kappa shape index (κ2) is 4.63. The molecule has 0 unspecified atom stereocenters. The van der Waals surface area contributed by atoms with Gasteiger partial charge in [0.1, 0.15) is 5.69 Å². The zero-order chi connectivity index (χ0) is 12.4. The van der Waals surface area contributed by atoms with Crippen LogP contribution in [0.5, 0.6) is 0 Å². The molecule has 3 rings (SSSR count). The van der Waals surface area contributed by atoms with E-state index in [4.69, 9.17) is 11.6 Å². The first kappa shape index (κ1) is 11.0. The predicted molar refractivity (Wildman–Crippen MR) is 74.3 cm³/mol. The third-order valence-corrected chi connectivity index (χ3v) is 2.87. The molecule has 0 aliphatic heterocycles. The van der Waals surface area contributed by atoms with Crippen LogP contribution in [0.4, 0.5) is 0 Å². The molecule has 2 heterocycles. The van der Waals surface area contributed by atoms with Gasteiger partial charge >= 0.3 is 0 Å². The van der Waals surface area contributed by atoms with Crippen LogP contribution in [0.15, 0.2) is 42.6 Å². The molecule has 0 amide bonds. The summed E-state index contributed by atoms with van der Waals surface area (Å²) in [5.74, 6) is 0. The Bertz CT molecular complexity index is 702. The number of para-hydroxylation sites is 2. The van der Waals surface area contributed by atoms with Crippen LogP contribution in [0, 0.1) is 0 Å². The van der Waals surface area contributed by atoms with E-state index in [1.165, 1.54) is 0 Å². The zero-order valence-corrected chi connectivity index (χ0v) is 10.2. The van der Waals surface area contributed by atoms with Gasteiger partial charge in [-0.25, -0.2) is 9.97 Å². The molecule has 0 bridgehead atoms. The molecule has 0 saturated heterocycles. The summed E-state index contributed by atoms with van der Waals surface area (Å²) < 4.78 is 0. The van der Waals surface area contributed by atoms with Crippen molar-refractivity contribution in [2.75, 3.05) is 0 Å². The van der Waals surface area contributed by atoms with E-state index < -0.39 is 0 Å². The lowest BCUT2D eigenvalue weighted by Crippen LogP contribution is -1.89. The topological polar surface area (TPSA) is 41.6 Å². The molecule has 1 aromatic carbocycles. The summed E-state index contributed by atoms with van der Waals surface area (Å²) in [5.41, 5.74) is 3.32. The number of hydrogen-bond donors (Lipinski definition) is 1. The summed E-state index contributed by atoms with van der Waals surface area (Å²) >= 11 is 6.11. The highest BCUT2D eigenvalue weighted by Crippen LogP contribution is 2.18. The van der Waals surface area contributed by atoms with Crippen LogP contribution in [0.2, 0.25) is 5.15 Å². The smallest absolute Gasteiger partial charge is 0.155 e. The normalized spacial score (nSPS) is 11.4. The van der Waals surface area contributed by atoms with E-state index in [-0.39, 0.29) is 0 Å². The van der Waals surface area contributed by atoms with Crippen molar-refractivity contribution in [3.05, 3.63) is 59.1 Å². The van der Waals surface area contributed by atoms with E-state index >= 15 is 0 Å². The fraction of sp³-hybridized carbons (Fsp3) is 0. The molecule has 0 radical (unpaired) electrons. The summed E-state index contributed by atoms with van der Waals surface area (Å²) in [6.45, 7) is 0. The lowest BCUT2D eigenvalue weighted by atomic mass is 10.3. The van der Waals surface area contributed by atoms with Crippen LogP contribution in [-0.2, 0) is 0 Å². The van der Waals surface area contributed by atoms with Crippen LogP contribution in [0.25, 0.3) is 23.2 Å². The SMILES string of the molecule is Clc1nc2ccccc2nc1/C=C/c1ccc[nH]1. The maximum absolute atomic E-state index is 6.11. The van der Waals surface area contributed by atoms with Gasteiger partial charge in [0.15, 0.2) is 5.15 Å². The van der Waals surface area contributed by atoms with E-state index in [1.807, 2.05) is 54.7 Å². The molecule has 0 fully saturated rings. The molecule has 3 nitrogen and oxygen atoms in total. The molecule has 18 heavy (non-hydrogen) atoms. The number of halogens is 1. The number of rotatable bonds is 2. The Hall–Kier alpha value is -2.13. The fourth-order valence-corrected chi connectivity index (χ4v) is 1.91. The summed E-state index contributed by atoms with van der Waals surface area (Å²) in [4.78, 5) is 11.9. The molecule has 0 aliphatic carbocycles. The Morgan fingerprint density at radius 3 is 2.44 bits per heavy atom. The third kappa shape index (κ3) is 2.13. The number of nitrogens with one attached hydrogen (secondary N) is 1. The molecule has 2 aromatic heterocycles. The van der Waals surface area contributed by atoms with E-state index in [0.717, 1.165) is 16.7 Å². The highest BCUT2D eigenvalue weighted by Gasteiger charge is 2.03. The monoisotopic (exact) mass is 255 g/mol. The standard InChI is InChI=1S/C14H10ClN3/c15-14-13(8-7-10-4-3-9-16-10)17-11-5-1-2-6-12(11)18-14/h1-9,16H/b8-7+. The molecule has 0 atom stereocenters. The number of nitrogens with zero attached hydrogens (tertiary/aromatic N) is 2. The second-order valence-corrected chi connectivity index (χ2v) is 4.21. The molecular weight excluding hydrogens is 246 g/mol.